The van der Waals surface area contributed by atoms with E-state index in [9.17, 15) is 14.9 Å². The Hall–Kier alpha value is -1.92. The molecule has 2 unspecified atom stereocenters. The fourth-order valence-electron chi connectivity index (χ4n) is 6.97. The molecule has 0 aromatic carbocycles. The van der Waals surface area contributed by atoms with Crippen LogP contribution in [0.1, 0.15) is 58.1 Å². The van der Waals surface area contributed by atoms with E-state index in [1.807, 2.05) is 0 Å². The number of rotatable bonds is 5. The lowest BCUT2D eigenvalue weighted by atomic mass is 9.40. The van der Waals surface area contributed by atoms with Crippen LogP contribution in [0.5, 0.6) is 0 Å². The molecule has 1 amide bonds. The Kier molecular flexibility index (Phi) is 3.72. The predicted octanol–water partition coefficient (Wildman–Crippen LogP) is 3.21. The number of nitrogens with zero attached hydrogens (tertiary/aromatic N) is 3. The first-order valence-electron chi connectivity index (χ1n) is 9.59. The number of amides is 1. The number of aryl methyl sites for hydroxylation is 1. The van der Waals surface area contributed by atoms with Crippen LogP contribution in [0, 0.1) is 39.2 Å². The monoisotopic (exact) mass is 360 g/mol. The number of nitro groups is 1. The normalized spacial score (nSPS) is 37.7. The highest BCUT2D eigenvalue weighted by atomic mass is 16.6. The third kappa shape index (κ3) is 2.81. The molecule has 0 radical (unpaired) electrons. The molecular weight excluding hydrogens is 332 g/mol. The van der Waals surface area contributed by atoms with Crippen molar-refractivity contribution in [2.24, 2.45) is 22.2 Å². The summed E-state index contributed by atoms with van der Waals surface area (Å²) in [6.45, 7) is 7.44. The number of hydrogen-bond donors (Lipinski definition) is 1. The fraction of sp³-hybridized carbons (Fsp3) is 0.789. The lowest BCUT2D eigenvalue weighted by molar-refractivity contribution is -0.389. The van der Waals surface area contributed by atoms with Gasteiger partial charge >= 0.3 is 5.82 Å². The summed E-state index contributed by atoms with van der Waals surface area (Å²) in [5.74, 6) is 0.720. The summed E-state index contributed by atoms with van der Waals surface area (Å²) < 4.78 is 1.60. The zero-order chi connectivity index (χ0) is 18.7. The molecule has 1 N–H and O–H groups in total. The van der Waals surface area contributed by atoms with E-state index in [1.54, 1.807) is 11.6 Å². The highest BCUT2D eigenvalue weighted by Gasteiger charge is 2.62. The minimum atomic E-state index is -0.487. The van der Waals surface area contributed by atoms with Gasteiger partial charge in [0.1, 0.15) is 0 Å². The number of aromatic nitrogens is 2. The van der Waals surface area contributed by atoms with E-state index >= 15 is 0 Å². The van der Waals surface area contributed by atoms with Crippen molar-refractivity contribution in [1.29, 1.82) is 0 Å². The highest BCUT2D eigenvalue weighted by molar-refractivity contribution is 5.83. The van der Waals surface area contributed by atoms with Crippen molar-refractivity contribution in [2.45, 2.75) is 65.8 Å². The van der Waals surface area contributed by atoms with Gasteiger partial charge in [-0.05, 0) is 67.1 Å². The summed E-state index contributed by atoms with van der Waals surface area (Å²) in [6, 6.07) is 1.46. The first-order chi connectivity index (χ1) is 12.1. The van der Waals surface area contributed by atoms with Gasteiger partial charge in [0.15, 0.2) is 0 Å². The molecular formula is C19H28N4O3. The Morgan fingerprint density at radius 2 is 1.96 bits per heavy atom. The fourth-order valence-corrected chi connectivity index (χ4v) is 6.97. The van der Waals surface area contributed by atoms with E-state index in [0.29, 0.717) is 29.8 Å². The zero-order valence-corrected chi connectivity index (χ0v) is 15.9. The third-order valence-electron chi connectivity index (χ3n) is 6.87. The van der Waals surface area contributed by atoms with Crippen LogP contribution >= 0.6 is 0 Å². The molecule has 0 aliphatic heterocycles. The van der Waals surface area contributed by atoms with Crippen LogP contribution in [0.4, 0.5) is 5.82 Å². The van der Waals surface area contributed by atoms with Crippen molar-refractivity contribution in [1.82, 2.24) is 15.1 Å². The van der Waals surface area contributed by atoms with Crippen LogP contribution in [-0.4, -0.2) is 27.2 Å². The molecule has 5 rings (SSSR count). The van der Waals surface area contributed by atoms with Crippen LogP contribution < -0.4 is 5.32 Å². The first kappa shape index (κ1) is 17.5. The minimum absolute atomic E-state index is 0.143. The quantitative estimate of drug-likeness (QED) is 0.645. The van der Waals surface area contributed by atoms with Gasteiger partial charge in [-0.2, -0.15) is 4.68 Å². The minimum Gasteiger partial charge on any atom is -0.358 e. The van der Waals surface area contributed by atoms with E-state index in [-0.39, 0.29) is 17.1 Å². The Labute approximate surface area is 153 Å². The van der Waals surface area contributed by atoms with Crippen LogP contribution in [0.2, 0.25) is 0 Å². The van der Waals surface area contributed by atoms with Gasteiger partial charge in [-0.15, -0.1) is 0 Å². The molecule has 0 spiro atoms. The molecule has 1 heterocycles. The molecule has 4 fully saturated rings. The van der Waals surface area contributed by atoms with Gasteiger partial charge in [-0.25, -0.2) is 0 Å². The van der Waals surface area contributed by atoms with E-state index in [1.165, 1.54) is 25.3 Å². The largest absolute Gasteiger partial charge is 0.390 e. The molecule has 1 aromatic heterocycles. The number of nitrogens with one attached hydrogen (secondary N) is 1. The molecule has 7 heteroatoms. The maximum absolute atomic E-state index is 13.1. The first-order valence-corrected chi connectivity index (χ1v) is 9.59. The van der Waals surface area contributed by atoms with Crippen molar-refractivity contribution in [3.05, 3.63) is 21.9 Å². The summed E-state index contributed by atoms with van der Waals surface area (Å²) in [5, 5.41) is 17.9. The second-order valence-electron chi connectivity index (χ2n) is 9.79. The van der Waals surface area contributed by atoms with Crippen molar-refractivity contribution in [3.8, 4) is 0 Å². The van der Waals surface area contributed by atoms with Crippen LogP contribution in [-0.2, 0) is 11.3 Å². The molecule has 0 saturated heterocycles. The van der Waals surface area contributed by atoms with Crippen molar-refractivity contribution in [2.75, 3.05) is 6.54 Å². The second-order valence-corrected chi connectivity index (χ2v) is 9.79. The number of carbonyl (C=O) groups excluding carboxylic acids is 1. The summed E-state index contributed by atoms with van der Waals surface area (Å²) in [7, 11) is 0. The number of carbonyl (C=O) groups is 1. The van der Waals surface area contributed by atoms with Crippen LogP contribution in [0.25, 0.3) is 0 Å². The van der Waals surface area contributed by atoms with Gasteiger partial charge in [-0.1, -0.05) is 13.8 Å². The van der Waals surface area contributed by atoms with Crippen LogP contribution in [0.15, 0.2) is 6.07 Å². The highest BCUT2D eigenvalue weighted by Crippen LogP contribution is 2.69. The van der Waals surface area contributed by atoms with E-state index in [4.69, 9.17) is 0 Å². The van der Waals surface area contributed by atoms with Crippen molar-refractivity contribution >= 4 is 11.7 Å². The lowest BCUT2D eigenvalue weighted by Gasteiger charge is -2.64. The van der Waals surface area contributed by atoms with Crippen molar-refractivity contribution < 1.29 is 9.72 Å². The maximum Gasteiger partial charge on any atom is 0.390 e. The molecule has 4 atom stereocenters. The topological polar surface area (TPSA) is 90.1 Å². The van der Waals surface area contributed by atoms with Crippen LogP contribution in [0.3, 0.4) is 0 Å². The van der Waals surface area contributed by atoms with Gasteiger partial charge in [0.2, 0.25) is 5.91 Å². The van der Waals surface area contributed by atoms with E-state index in [2.05, 4.69) is 24.3 Å². The molecule has 4 bridgehead atoms. The Morgan fingerprint density at radius 1 is 1.31 bits per heavy atom. The standard InChI is InChI=1S/C19H28N4O3/c1-13-6-15(23(25)26)21-22(13)5-4-20-16(24)19-9-14-7-17(2,11-19)10-18(3,8-14)12-19/h6,14H,4-5,7-12H2,1-3H3,(H,20,24)/t14?,17-,18+,19?. The van der Waals surface area contributed by atoms with Gasteiger partial charge in [0.25, 0.3) is 0 Å². The molecule has 4 aliphatic rings. The molecule has 1 aromatic rings. The zero-order valence-electron chi connectivity index (χ0n) is 15.9. The molecule has 26 heavy (non-hydrogen) atoms. The smallest absolute Gasteiger partial charge is 0.358 e. The molecule has 4 aliphatic carbocycles. The Balaban J connectivity index is 1.42. The second kappa shape index (κ2) is 5.54. The summed E-state index contributed by atoms with van der Waals surface area (Å²) >= 11 is 0. The molecule has 7 nitrogen and oxygen atoms in total. The Bertz CT molecular complexity index is 753. The maximum atomic E-state index is 13.1. The predicted molar refractivity (Wildman–Crippen MR) is 96.5 cm³/mol. The summed E-state index contributed by atoms with van der Waals surface area (Å²) in [6.07, 6.45) is 6.83. The number of hydrogen-bond acceptors (Lipinski definition) is 4. The van der Waals surface area contributed by atoms with Gasteiger partial charge < -0.3 is 15.4 Å². The van der Waals surface area contributed by atoms with E-state index < -0.39 is 4.92 Å². The van der Waals surface area contributed by atoms with Crippen molar-refractivity contribution in [3.63, 3.8) is 0 Å². The lowest BCUT2D eigenvalue weighted by Crippen LogP contribution is -2.60. The van der Waals surface area contributed by atoms with Gasteiger partial charge in [-0.3, -0.25) is 4.79 Å². The van der Waals surface area contributed by atoms with Gasteiger partial charge in [0, 0.05) is 6.54 Å². The summed E-state index contributed by atoms with van der Waals surface area (Å²) in [4.78, 5) is 23.5. The SMILES string of the molecule is Cc1cc([N+](=O)[O-])nn1CCNC(=O)C12CC3C[C@@](C)(C1)C[C@](C)(C3)C2. The van der Waals surface area contributed by atoms with E-state index in [0.717, 1.165) is 25.0 Å². The molecule has 142 valence electrons. The average Bonchev–Trinajstić information content (AvgIpc) is 2.85. The third-order valence-corrected chi connectivity index (χ3v) is 6.87. The van der Waals surface area contributed by atoms with Gasteiger partial charge in [0.05, 0.1) is 28.8 Å². The Morgan fingerprint density at radius 3 is 2.50 bits per heavy atom. The summed E-state index contributed by atoms with van der Waals surface area (Å²) in [5.41, 5.74) is 1.14. The molecule has 4 saturated carbocycles. The average molecular weight is 360 g/mol.